The Morgan fingerprint density at radius 1 is 1.16 bits per heavy atom. The average Bonchev–Trinajstić information content (AvgIpc) is 2.36. The summed E-state index contributed by atoms with van der Waals surface area (Å²) in [5.74, 6) is -1.36. The summed E-state index contributed by atoms with van der Waals surface area (Å²) in [4.78, 5) is 1.74. The van der Waals surface area contributed by atoms with Gasteiger partial charge < -0.3 is 10.6 Å². The first kappa shape index (κ1) is 13.3. The summed E-state index contributed by atoms with van der Waals surface area (Å²) in [5, 5.41) is 0. The van der Waals surface area contributed by atoms with Gasteiger partial charge in [0.2, 0.25) is 0 Å². The zero-order chi connectivity index (χ0) is 14.0. The monoisotopic (exact) mass is 262 g/mol. The zero-order valence-electron chi connectivity index (χ0n) is 11.0. The van der Waals surface area contributed by atoms with Gasteiger partial charge in [0.05, 0.1) is 11.4 Å². The molecule has 2 aromatic carbocycles. The Labute approximate surface area is 111 Å². The van der Waals surface area contributed by atoms with E-state index < -0.39 is 11.6 Å². The molecule has 0 saturated carbocycles. The van der Waals surface area contributed by atoms with Crippen LogP contribution in [-0.2, 0) is 6.54 Å². The minimum absolute atomic E-state index is 0.0301. The summed E-state index contributed by atoms with van der Waals surface area (Å²) in [6.07, 6.45) is 0. The van der Waals surface area contributed by atoms with Crippen molar-refractivity contribution < 1.29 is 8.78 Å². The highest BCUT2D eigenvalue weighted by atomic mass is 19.1. The van der Waals surface area contributed by atoms with Crippen LogP contribution < -0.4 is 10.6 Å². The van der Waals surface area contributed by atoms with Crippen molar-refractivity contribution in [2.45, 2.75) is 13.5 Å². The number of nitrogens with zero attached hydrogens (tertiary/aromatic N) is 1. The minimum Gasteiger partial charge on any atom is -0.395 e. The number of benzene rings is 2. The van der Waals surface area contributed by atoms with Crippen LogP contribution >= 0.6 is 0 Å². The van der Waals surface area contributed by atoms with E-state index in [9.17, 15) is 8.78 Å². The molecule has 2 aromatic rings. The van der Waals surface area contributed by atoms with Gasteiger partial charge in [0.25, 0.3) is 0 Å². The van der Waals surface area contributed by atoms with E-state index in [2.05, 4.69) is 0 Å². The van der Waals surface area contributed by atoms with Crippen molar-refractivity contribution in [2.24, 2.45) is 0 Å². The van der Waals surface area contributed by atoms with Crippen LogP contribution in [0.5, 0.6) is 0 Å². The van der Waals surface area contributed by atoms with Crippen LogP contribution in [0.2, 0.25) is 0 Å². The van der Waals surface area contributed by atoms with Crippen molar-refractivity contribution in [1.82, 2.24) is 0 Å². The molecule has 2 rings (SSSR count). The van der Waals surface area contributed by atoms with E-state index in [1.165, 1.54) is 6.07 Å². The van der Waals surface area contributed by atoms with E-state index in [-0.39, 0.29) is 5.69 Å². The van der Waals surface area contributed by atoms with E-state index in [1.54, 1.807) is 11.9 Å². The van der Waals surface area contributed by atoms with E-state index in [1.807, 2.05) is 31.2 Å². The van der Waals surface area contributed by atoms with Gasteiger partial charge in [0.15, 0.2) is 5.82 Å². The van der Waals surface area contributed by atoms with Crippen molar-refractivity contribution in [3.8, 4) is 0 Å². The summed E-state index contributed by atoms with van der Waals surface area (Å²) in [7, 11) is 1.76. The molecule has 0 radical (unpaired) electrons. The molecule has 0 aromatic heterocycles. The number of nitrogens with two attached hydrogens (primary N) is 1. The van der Waals surface area contributed by atoms with Gasteiger partial charge >= 0.3 is 0 Å². The highest BCUT2D eigenvalue weighted by Gasteiger charge is 2.12. The molecule has 0 aliphatic carbocycles. The fourth-order valence-electron chi connectivity index (χ4n) is 2.02. The number of nitrogen functional groups attached to an aromatic ring is 1. The van der Waals surface area contributed by atoms with Gasteiger partial charge in [-0.2, -0.15) is 0 Å². The second-order valence-corrected chi connectivity index (χ2v) is 4.60. The van der Waals surface area contributed by atoms with Gasteiger partial charge in [-0.05, 0) is 24.1 Å². The molecule has 4 heteroatoms. The van der Waals surface area contributed by atoms with Crippen LogP contribution in [0.15, 0.2) is 36.4 Å². The topological polar surface area (TPSA) is 29.3 Å². The first-order chi connectivity index (χ1) is 8.99. The number of rotatable bonds is 3. The maximum absolute atomic E-state index is 13.4. The van der Waals surface area contributed by atoms with Crippen molar-refractivity contribution in [2.75, 3.05) is 17.7 Å². The van der Waals surface area contributed by atoms with E-state index in [0.29, 0.717) is 12.2 Å². The van der Waals surface area contributed by atoms with Crippen LogP contribution in [0.4, 0.5) is 20.2 Å². The van der Waals surface area contributed by atoms with E-state index in [4.69, 9.17) is 5.73 Å². The molecule has 0 aliphatic heterocycles. The van der Waals surface area contributed by atoms with Crippen LogP contribution in [0, 0.1) is 18.6 Å². The number of hydrogen-bond acceptors (Lipinski definition) is 2. The molecule has 0 spiro atoms. The molecule has 0 amide bonds. The van der Waals surface area contributed by atoms with Crippen LogP contribution in [0.25, 0.3) is 0 Å². The number of aryl methyl sites for hydroxylation is 1. The number of halogens is 2. The molecule has 0 fully saturated rings. The molecule has 0 heterocycles. The van der Waals surface area contributed by atoms with Gasteiger partial charge in [-0.3, -0.25) is 0 Å². The maximum atomic E-state index is 13.4. The number of hydrogen-bond donors (Lipinski definition) is 1. The predicted molar refractivity (Wildman–Crippen MR) is 74.1 cm³/mol. The first-order valence-electron chi connectivity index (χ1n) is 5.99. The second-order valence-electron chi connectivity index (χ2n) is 4.60. The predicted octanol–water partition coefficient (Wildman–Crippen LogP) is 3.49. The number of anilines is 2. The Morgan fingerprint density at radius 3 is 2.53 bits per heavy atom. The molecule has 100 valence electrons. The lowest BCUT2D eigenvalue weighted by Crippen LogP contribution is -2.19. The van der Waals surface area contributed by atoms with E-state index >= 15 is 0 Å². The van der Waals surface area contributed by atoms with Crippen LogP contribution in [0.3, 0.4) is 0 Å². The van der Waals surface area contributed by atoms with Gasteiger partial charge in [0.1, 0.15) is 5.82 Å². The third kappa shape index (κ3) is 2.84. The van der Waals surface area contributed by atoms with Crippen molar-refractivity contribution in [3.05, 3.63) is 59.2 Å². The van der Waals surface area contributed by atoms with Gasteiger partial charge in [-0.15, -0.1) is 0 Å². The Bertz CT molecular complexity index is 597. The average molecular weight is 262 g/mol. The molecule has 0 aliphatic rings. The molecular formula is C15H16F2N2. The highest BCUT2D eigenvalue weighted by Crippen LogP contribution is 2.27. The third-order valence-electron chi connectivity index (χ3n) is 3.15. The van der Waals surface area contributed by atoms with Gasteiger partial charge in [-0.25, -0.2) is 8.78 Å². The van der Waals surface area contributed by atoms with Gasteiger partial charge in [-0.1, -0.05) is 24.3 Å². The standard InChI is InChI=1S/C15H16F2N2/c1-10-5-3-4-6-11(10)9-19(2)14-8-12(16)7-13(17)15(14)18/h3-8H,9,18H2,1-2H3. The summed E-state index contributed by atoms with van der Waals surface area (Å²) < 4.78 is 26.7. The molecule has 2 nitrogen and oxygen atoms in total. The quantitative estimate of drug-likeness (QED) is 0.858. The fourth-order valence-corrected chi connectivity index (χ4v) is 2.02. The lowest BCUT2D eigenvalue weighted by Gasteiger charge is -2.22. The Balaban J connectivity index is 2.30. The highest BCUT2D eigenvalue weighted by molar-refractivity contribution is 5.68. The van der Waals surface area contributed by atoms with Crippen molar-refractivity contribution >= 4 is 11.4 Å². The zero-order valence-corrected chi connectivity index (χ0v) is 11.0. The molecule has 19 heavy (non-hydrogen) atoms. The molecule has 0 unspecified atom stereocenters. The maximum Gasteiger partial charge on any atom is 0.151 e. The SMILES string of the molecule is Cc1ccccc1CN(C)c1cc(F)cc(F)c1N. The smallest absolute Gasteiger partial charge is 0.151 e. The van der Waals surface area contributed by atoms with Crippen molar-refractivity contribution in [3.63, 3.8) is 0 Å². The molecule has 0 bridgehead atoms. The normalized spacial score (nSPS) is 10.5. The first-order valence-corrected chi connectivity index (χ1v) is 5.99. The largest absolute Gasteiger partial charge is 0.395 e. The minimum atomic E-state index is -0.730. The lowest BCUT2D eigenvalue weighted by atomic mass is 10.1. The Morgan fingerprint density at radius 2 is 1.84 bits per heavy atom. The molecular weight excluding hydrogens is 246 g/mol. The Kier molecular flexibility index (Phi) is 3.69. The van der Waals surface area contributed by atoms with E-state index in [0.717, 1.165) is 17.2 Å². The van der Waals surface area contributed by atoms with Crippen molar-refractivity contribution in [1.29, 1.82) is 0 Å². The summed E-state index contributed by atoms with van der Waals surface area (Å²) in [6, 6.07) is 9.91. The summed E-state index contributed by atoms with van der Waals surface area (Å²) in [6.45, 7) is 2.54. The van der Waals surface area contributed by atoms with Gasteiger partial charge in [0, 0.05) is 19.7 Å². The fraction of sp³-hybridized carbons (Fsp3) is 0.200. The lowest BCUT2D eigenvalue weighted by molar-refractivity contribution is 0.585. The third-order valence-corrected chi connectivity index (χ3v) is 3.15. The molecule has 0 saturated heterocycles. The molecule has 0 atom stereocenters. The summed E-state index contributed by atoms with van der Waals surface area (Å²) in [5.41, 5.74) is 8.21. The van der Waals surface area contributed by atoms with Crippen LogP contribution in [0.1, 0.15) is 11.1 Å². The molecule has 2 N–H and O–H groups in total. The summed E-state index contributed by atoms with van der Waals surface area (Å²) >= 11 is 0. The Hall–Kier alpha value is -2.10. The van der Waals surface area contributed by atoms with Crippen LogP contribution in [-0.4, -0.2) is 7.05 Å². The second kappa shape index (κ2) is 5.26.